The van der Waals surface area contributed by atoms with Gasteiger partial charge in [0, 0.05) is 17.6 Å². The Morgan fingerprint density at radius 1 is 1.48 bits per heavy atom. The molecule has 0 saturated carbocycles. The third-order valence-electron chi connectivity index (χ3n) is 3.38. The van der Waals surface area contributed by atoms with Gasteiger partial charge in [-0.15, -0.1) is 0 Å². The van der Waals surface area contributed by atoms with Gasteiger partial charge in [0.2, 0.25) is 0 Å². The van der Waals surface area contributed by atoms with Crippen molar-refractivity contribution in [2.75, 3.05) is 18.5 Å². The molecule has 1 aromatic carbocycles. The highest BCUT2D eigenvalue weighted by atomic mass is 79.9. The van der Waals surface area contributed by atoms with E-state index in [1.807, 2.05) is 6.92 Å². The normalized spacial score (nSPS) is 21.0. The lowest BCUT2D eigenvalue weighted by atomic mass is 10.0. The van der Waals surface area contributed by atoms with Crippen LogP contribution in [0.1, 0.15) is 30.1 Å². The minimum absolute atomic E-state index is 0.0386. The van der Waals surface area contributed by atoms with Crippen LogP contribution in [0.25, 0.3) is 0 Å². The van der Waals surface area contributed by atoms with Gasteiger partial charge in [-0.2, -0.15) is 0 Å². The number of benzene rings is 1. The summed E-state index contributed by atoms with van der Waals surface area (Å²) in [6, 6.07) is 4.15. The number of anilines is 1. The first-order chi connectivity index (χ1) is 9.89. The van der Waals surface area contributed by atoms with Gasteiger partial charge in [-0.1, -0.05) is 15.9 Å². The van der Waals surface area contributed by atoms with Crippen molar-refractivity contribution in [3.8, 4) is 0 Å². The highest BCUT2D eigenvalue weighted by molar-refractivity contribution is 9.10. The van der Waals surface area contributed by atoms with Crippen LogP contribution in [0.15, 0.2) is 22.7 Å². The zero-order chi connectivity index (χ0) is 15.5. The van der Waals surface area contributed by atoms with Gasteiger partial charge in [0.1, 0.15) is 0 Å². The van der Waals surface area contributed by atoms with Crippen LogP contribution < -0.4 is 10.6 Å². The molecule has 0 aliphatic carbocycles. The van der Waals surface area contributed by atoms with Crippen LogP contribution in [0.4, 0.5) is 10.5 Å². The van der Waals surface area contributed by atoms with Crippen LogP contribution in [0.2, 0.25) is 0 Å². The number of hydrogen-bond donors (Lipinski definition) is 3. The molecule has 114 valence electrons. The minimum atomic E-state index is -1.09. The highest BCUT2D eigenvalue weighted by Crippen LogP contribution is 2.24. The van der Waals surface area contributed by atoms with Crippen molar-refractivity contribution < 1.29 is 19.4 Å². The molecule has 0 spiro atoms. The zero-order valence-corrected chi connectivity index (χ0v) is 13.2. The van der Waals surface area contributed by atoms with Gasteiger partial charge >= 0.3 is 12.0 Å². The Hall–Kier alpha value is -1.60. The molecule has 2 amide bonds. The lowest BCUT2D eigenvalue weighted by Gasteiger charge is -2.23. The van der Waals surface area contributed by atoms with Crippen LogP contribution in [-0.4, -0.2) is 35.9 Å². The van der Waals surface area contributed by atoms with Crippen molar-refractivity contribution in [3.63, 3.8) is 0 Å². The molecule has 0 radical (unpaired) electrons. The molecule has 2 rings (SSSR count). The van der Waals surface area contributed by atoms with E-state index in [1.54, 1.807) is 12.1 Å². The van der Waals surface area contributed by atoms with Crippen LogP contribution in [-0.2, 0) is 4.74 Å². The summed E-state index contributed by atoms with van der Waals surface area (Å²) in [5, 5.41) is 14.4. The van der Waals surface area contributed by atoms with Gasteiger partial charge in [-0.25, -0.2) is 9.59 Å². The Labute approximate surface area is 131 Å². The van der Waals surface area contributed by atoms with E-state index >= 15 is 0 Å². The second-order valence-corrected chi connectivity index (χ2v) is 6.12. The molecular formula is C14H17BrN2O4. The maximum atomic E-state index is 11.9. The van der Waals surface area contributed by atoms with Gasteiger partial charge in [0.25, 0.3) is 0 Å². The molecular weight excluding hydrogens is 340 g/mol. The molecule has 1 aliphatic heterocycles. The average molecular weight is 357 g/mol. The first-order valence-electron chi connectivity index (χ1n) is 6.61. The van der Waals surface area contributed by atoms with E-state index in [1.165, 1.54) is 6.07 Å². The van der Waals surface area contributed by atoms with Crippen LogP contribution in [0, 0.1) is 0 Å². The molecule has 0 bridgehead atoms. The highest BCUT2D eigenvalue weighted by Gasteiger charge is 2.30. The summed E-state index contributed by atoms with van der Waals surface area (Å²) in [5.74, 6) is -1.09. The summed E-state index contributed by atoms with van der Waals surface area (Å²) < 4.78 is 6.27. The van der Waals surface area contributed by atoms with E-state index in [-0.39, 0.29) is 16.9 Å². The number of rotatable bonds is 4. The van der Waals surface area contributed by atoms with Gasteiger partial charge in [-0.05, 0) is 38.0 Å². The van der Waals surface area contributed by atoms with Crippen LogP contribution in [0.5, 0.6) is 0 Å². The Balaban J connectivity index is 1.99. The molecule has 1 saturated heterocycles. The number of carboxylic acids is 1. The van der Waals surface area contributed by atoms with E-state index in [2.05, 4.69) is 26.6 Å². The maximum absolute atomic E-state index is 11.9. The SMILES string of the molecule is CC1(CNC(=O)Nc2cc(Br)ccc2C(=O)O)CCCO1. The molecule has 0 aromatic heterocycles. The van der Waals surface area contributed by atoms with Crippen molar-refractivity contribution in [2.45, 2.75) is 25.4 Å². The third-order valence-corrected chi connectivity index (χ3v) is 3.88. The average Bonchev–Trinajstić information content (AvgIpc) is 2.84. The first-order valence-corrected chi connectivity index (χ1v) is 7.41. The maximum Gasteiger partial charge on any atom is 0.337 e. The van der Waals surface area contributed by atoms with Crippen molar-refractivity contribution in [1.82, 2.24) is 5.32 Å². The van der Waals surface area contributed by atoms with Crippen LogP contribution in [0.3, 0.4) is 0 Å². The van der Waals surface area contributed by atoms with Crippen molar-refractivity contribution >= 4 is 33.6 Å². The lowest BCUT2D eigenvalue weighted by Crippen LogP contribution is -2.42. The monoisotopic (exact) mass is 356 g/mol. The van der Waals surface area contributed by atoms with E-state index < -0.39 is 12.0 Å². The van der Waals surface area contributed by atoms with Crippen LogP contribution >= 0.6 is 15.9 Å². The number of carboxylic acid groups (broad SMARTS) is 1. The number of halogens is 1. The molecule has 1 heterocycles. The Bertz CT molecular complexity index is 556. The zero-order valence-electron chi connectivity index (χ0n) is 11.6. The predicted octanol–water partition coefficient (Wildman–Crippen LogP) is 2.84. The van der Waals surface area contributed by atoms with E-state index in [0.29, 0.717) is 17.6 Å². The second-order valence-electron chi connectivity index (χ2n) is 5.20. The molecule has 21 heavy (non-hydrogen) atoms. The molecule has 3 N–H and O–H groups in total. The fourth-order valence-corrected chi connectivity index (χ4v) is 2.58. The summed E-state index contributed by atoms with van der Waals surface area (Å²) in [7, 11) is 0. The summed E-state index contributed by atoms with van der Waals surface area (Å²) in [6.07, 6.45) is 1.87. The fourth-order valence-electron chi connectivity index (χ4n) is 2.22. The smallest absolute Gasteiger partial charge is 0.337 e. The van der Waals surface area contributed by atoms with Crippen molar-refractivity contribution in [1.29, 1.82) is 0 Å². The number of ether oxygens (including phenoxy) is 1. The van der Waals surface area contributed by atoms with E-state index in [4.69, 9.17) is 9.84 Å². The van der Waals surface area contributed by atoms with Gasteiger partial charge < -0.3 is 20.5 Å². The van der Waals surface area contributed by atoms with E-state index in [0.717, 1.165) is 12.8 Å². The molecule has 1 unspecified atom stereocenters. The number of carbonyl (C=O) groups is 2. The molecule has 1 aromatic rings. The summed E-state index contributed by atoms with van der Waals surface area (Å²) in [4.78, 5) is 23.0. The Kier molecular flexibility index (Phi) is 4.84. The number of hydrogen-bond acceptors (Lipinski definition) is 3. The second kappa shape index (κ2) is 6.44. The number of urea groups is 1. The Morgan fingerprint density at radius 2 is 2.24 bits per heavy atom. The Morgan fingerprint density at radius 3 is 2.86 bits per heavy atom. The minimum Gasteiger partial charge on any atom is -0.478 e. The fraction of sp³-hybridized carbons (Fsp3) is 0.429. The van der Waals surface area contributed by atoms with E-state index in [9.17, 15) is 9.59 Å². The quantitative estimate of drug-likeness (QED) is 0.773. The molecule has 7 heteroatoms. The molecule has 1 atom stereocenters. The number of nitrogens with one attached hydrogen (secondary N) is 2. The van der Waals surface area contributed by atoms with Gasteiger partial charge in [0.05, 0.1) is 16.9 Å². The topological polar surface area (TPSA) is 87.7 Å². The molecule has 6 nitrogen and oxygen atoms in total. The third kappa shape index (κ3) is 4.18. The van der Waals surface area contributed by atoms with Gasteiger partial charge in [-0.3, -0.25) is 0 Å². The predicted molar refractivity (Wildman–Crippen MR) is 81.7 cm³/mol. The summed E-state index contributed by atoms with van der Waals surface area (Å²) >= 11 is 3.25. The lowest BCUT2D eigenvalue weighted by molar-refractivity contribution is 0.0232. The standard InChI is InChI=1S/C14H17BrN2O4/c1-14(5-2-6-21-14)8-16-13(20)17-11-7-9(15)3-4-10(11)12(18)19/h3-4,7H,2,5-6,8H2,1H3,(H,18,19)(H2,16,17,20). The van der Waals surface area contributed by atoms with Crippen molar-refractivity contribution in [3.05, 3.63) is 28.2 Å². The number of carbonyl (C=O) groups excluding carboxylic acids is 1. The first kappa shape index (κ1) is 15.8. The largest absolute Gasteiger partial charge is 0.478 e. The summed E-state index contributed by atoms with van der Waals surface area (Å²) in [6.45, 7) is 3.03. The molecule has 1 aliphatic rings. The van der Waals surface area contributed by atoms with Crippen molar-refractivity contribution in [2.24, 2.45) is 0 Å². The summed E-state index contributed by atoms with van der Waals surface area (Å²) in [5.41, 5.74) is -0.0620. The van der Waals surface area contributed by atoms with Gasteiger partial charge in [0.15, 0.2) is 0 Å². The number of amides is 2. The molecule has 1 fully saturated rings. The number of aromatic carboxylic acids is 1.